The molecule has 0 bridgehead atoms. The Labute approximate surface area is 192 Å². The Morgan fingerprint density at radius 1 is 0.667 bits per heavy atom. The first-order valence-corrected chi connectivity index (χ1v) is 10.4. The molecule has 168 valence electrons. The molecular weight excluding hydrogens is 416 g/mol. The predicted molar refractivity (Wildman–Crippen MR) is 131 cm³/mol. The summed E-state index contributed by atoms with van der Waals surface area (Å²) in [4.78, 5) is 24.7. The molecule has 8 nitrogen and oxygen atoms in total. The third kappa shape index (κ3) is 6.76. The van der Waals surface area contributed by atoms with Crippen LogP contribution in [0.1, 0.15) is 33.2 Å². The van der Waals surface area contributed by atoms with Crippen molar-refractivity contribution in [2.75, 3.05) is 13.1 Å². The lowest BCUT2D eigenvalue weighted by atomic mass is 10.0. The molecule has 0 aliphatic heterocycles. The molecule has 33 heavy (non-hydrogen) atoms. The minimum absolute atomic E-state index is 0.123. The number of amides is 2. The molecule has 6 N–H and O–H groups in total. The summed E-state index contributed by atoms with van der Waals surface area (Å²) in [5.41, 5.74) is 15.1. The Morgan fingerprint density at radius 2 is 1.12 bits per heavy atom. The van der Waals surface area contributed by atoms with Crippen molar-refractivity contribution in [1.29, 1.82) is 0 Å². The Bertz CT molecular complexity index is 1150. The highest BCUT2D eigenvalue weighted by Crippen LogP contribution is 2.19. The van der Waals surface area contributed by atoms with E-state index in [9.17, 15) is 9.59 Å². The third-order valence-corrected chi connectivity index (χ3v) is 4.83. The SMILES string of the molecule is CC(=NN=C(N)N)c1ccc(C(=O)NCCNC(=O)c2ccc(-c3ccccc3)cc2)cc1. The first kappa shape index (κ1) is 23.2. The summed E-state index contributed by atoms with van der Waals surface area (Å²) in [7, 11) is 0. The van der Waals surface area contributed by atoms with Crippen LogP contribution in [0.15, 0.2) is 89.1 Å². The van der Waals surface area contributed by atoms with Crippen molar-refractivity contribution in [1.82, 2.24) is 10.6 Å². The fraction of sp³-hybridized carbons (Fsp3) is 0.120. The van der Waals surface area contributed by atoms with Gasteiger partial charge in [0.2, 0.25) is 5.96 Å². The minimum atomic E-state index is -0.234. The van der Waals surface area contributed by atoms with Gasteiger partial charge in [0.25, 0.3) is 11.8 Å². The Morgan fingerprint density at radius 3 is 1.64 bits per heavy atom. The van der Waals surface area contributed by atoms with Gasteiger partial charge in [-0.05, 0) is 47.9 Å². The molecule has 3 aromatic rings. The maximum absolute atomic E-state index is 12.3. The van der Waals surface area contributed by atoms with Crippen LogP contribution in [0.3, 0.4) is 0 Å². The van der Waals surface area contributed by atoms with Gasteiger partial charge in [0, 0.05) is 24.2 Å². The summed E-state index contributed by atoms with van der Waals surface area (Å²) in [6.45, 7) is 2.38. The fourth-order valence-electron chi connectivity index (χ4n) is 3.05. The van der Waals surface area contributed by atoms with Gasteiger partial charge in [-0.15, -0.1) is 5.10 Å². The summed E-state index contributed by atoms with van der Waals surface area (Å²) in [6, 6.07) is 24.3. The summed E-state index contributed by atoms with van der Waals surface area (Å²) in [5, 5.41) is 13.1. The van der Waals surface area contributed by atoms with Crippen molar-refractivity contribution in [3.05, 3.63) is 95.6 Å². The van der Waals surface area contributed by atoms with Crippen LogP contribution in [-0.4, -0.2) is 36.6 Å². The maximum Gasteiger partial charge on any atom is 0.251 e. The predicted octanol–water partition coefficient (Wildman–Crippen LogP) is 2.51. The van der Waals surface area contributed by atoms with E-state index in [1.165, 1.54) is 0 Å². The third-order valence-electron chi connectivity index (χ3n) is 4.83. The molecule has 3 aromatic carbocycles. The Hall–Kier alpha value is -4.46. The average molecular weight is 443 g/mol. The van der Waals surface area contributed by atoms with Crippen molar-refractivity contribution in [3.8, 4) is 11.1 Å². The quantitative estimate of drug-likeness (QED) is 0.184. The first-order chi connectivity index (χ1) is 15.9. The zero-order valence-electron chi connectivity index (χ0n) is 18.3. The van der Waals surface area contributed by atoms with E-state index >= 15 is 0 Å². The van der Waals surface area contributed by atoms with Gasteiger partial charge >= 0.3 is 0 Å². The van der Waals surface area contributed by atoms with E-state index in [-0.39, 0.29) is 17.8 Å². The molecule has 3 rings (SSSR count). The van der Waals surface area contributed by atoms with Gasteiger partial charge in [-0.2, -0.15) is 5.10 Å². The standard InChI is InChI=1S/C25H26N6O2/c1-17(30-31-25(26)27)18-7-11-21(12-8-18)23(32)28-15-16-29-24(33)22-13-9-20(10-14-22)19-5-3-2-4-6-19/h2-14H,15-16H2,1H3,(H,28,32)(H,29,33)(H4,26,27,31). The van der Waals surface area contributed by atoms with Crippen LogP contribution in [0.5, 0.6) is 0 Å². The number of hydrogen-bond donors (Lipinski definition) is 4. The molecule has 0 heterocycles. The lowest BCUT2D eigenvalue weighted by Gasteiger charge is -2.08. The van der Waals surface area contributed by atoms with Gasteiger partial charge in [0.05, 0.1) is 5.71 Å². The van der Waals surface area contributed by atoms with E-state index in [1.54, 1.807) is 43.3 Å². The van der Waals surface area contributed by atoms with Crippen LogP contribution in [0.25, 0.3) is 11.1 Å². The number of nitrogens with zero attached hydrogens (tertiary/aromatic N) is 2. The molecule has 0 radical (unpaired) electrons. The highest BCUT2D eigenvalue weighted by atomic mass is 16.2. The van der Waals surface area contributed by atoms with Crippen molar-refractivity contribution >= 4 is 23.5 Å². The molecule has 2 amide bonds. The van der Waals surface area contributed by atoms with E-state index in [1.807, 2.05) is 42.5 Å². The van der Waals surface area contributed by atoms with Crippen molar-refractivity contribution in [2.45, 2.75) is 6.92 Å². The Balaban J connectivity index is 1.45. The number of guanidine groups is 1. The summed E-state index contributed by atoms with van der Waals surface area (Å²) < 4.78 is 0. The molecule has 0 aliphatic carbocycles. The number of nitrogens with two attached hydrogens (primary N) is 2. The number of nitrogens with one attached hydrogen (secondary N) is 2. The van der Waals surface area contributed by atoms with Crippen molar-refractivity contribution in [2.24, 2.45) is 21.7 Å². The van der Waals surface area contributed by atoms with Gasteiger partial charge < -0.3 is 22.1 Å². The minimum Gasteiger partial charge on any atom is -0.369 e. The van der Waals surface area contributed by atoms with Gasteiger partial charge in [-0.25, -0.2) is 0 Å². The number of rotatable bonds is 8. The lowest BCUT2D eigenvalue weighted by molar-refractivity contribution is 0.0927. The average Bonchev–Trinajstić information content (AvgIpc) is 2.85. The first-order valence-electron chi connectivity index (χ1n) is 10.4. The second-order valence-corrected chi connectivity index (χ2v) is 7.24. The number of carbonyl (C=O) groups excluding carboxylic acids is 2. The molecule has 0 spiro atoms. The molecule has 0 unspecified atom stereocenters. The van der Waals surface area contributed by atoms with Crippen LogP contribution in [-0.2, 0) is 0 Å². The molecule has 0 saturated carbocycles. The fourth-order valence-corrected chi connectivity index (χ4v) is 3.05. The molecule has 8 heteroatoms. The molecular formula is C25H26N6O2. The second-order valence-electron chi connectivity index (χ2n) is 7.24. The number of hydrogen-bond acceptors (Lipinski definition) is 4. The topological polar surface area (TPSA) is 135 Å². The highest BCUT2D eigenvalue weighted by Gasteiger charge is 2.08. The van der Waals surface area contributed by atoms with Gasteiger partial charge in [0.1, 0.15) is 0 Å². The summed E-state index contributed by atoms with van der Waals surface area (Å²) >= 11 is 0. The van der Waals surface area contributed by atoms with Crippen LogP contribution < -0.4 is 22.1 Å². The van der Waals surface area contributed by atoms with E-state index in [2.05, 4.69) is 20.8 Å². The largest absolute Gasteiger partial charge is 0.369 e. The summed E-state index contributed by atoms with van der Waals surface area (Å²) in [5.74, 6) is -0.549. The van der Waals surface area contributed by atoms with E-state index in [0.29, 0.717) is 29.9 Å². The zero-order valence-corrected chi connectivity index (χ0v) is 18.3. The smallest absolute Gasteiger partial charge is 0.251 e. The second kappa shape index (κ2) is 11.2. The van der Waals surface area contributed by atoms with Crippen molar-refractivity contribution in [3.63, 3.8) is 0 Å². The number of benzene rings is 3. The number of carbonyl (C=O) groups is 2. The van der Waals surface area contributed by atoms with Crippen molar-refractivity contribution < 1.29 is 9.59 Å². The van der Waals surface area contributed by atoms with Crippen LogP contribution >= 0.6 is 0 Å². The highest BCUT2D eigenvalue weighted by molar-refractivity contribution is 6.00. The van der Waals surface area contributed by atoms with Gasteiger partial charge in [0.15, 0.2) is 0 Å². The van der Waals surface area contributed by atoms with E-state index in [0.717, 1.165) is 16.7 Å². The van der Waals surface area contributed by atoms with E-state index < -0.39 is 0 Å². The molecule has 0 saturated heterocycles. The van der Waals surface area contributed by atoms with Crippen LogP contribution in [0, 0.1) is 0 Å². The molecule has 0 atom stereocenters. The monoisotopic (exact) mass is 442 g/mol. The molecule has 0 aromatic heterocycles. The lowest BCUT2D eigenvalue weighted by Crippen LogP contribution is -2.34. The van der Waals surface area contributed by atoms with Gasteiger partial charge in [-0.1, -0.05) is 54.6 Å². The molecule has 0 fully saturated rings. The normalized spacial score (nSPS) is 10.9. The van der Waals surface area contributed by atoms with Crippen LogP contribution in [0.2, 0.25) is 0 Å². The van der Waals surface area contributed by atoms with Crippen LogP contribution in [0.4, 0.5) is 0 Å². The van der Waals surface area contributed by atoms with E-state index in [4.69, 9.17) is 11.5 Å². The molecule has 0 aliphatic rings. The zero-order chi connectivity index (χ0) is 23.6. The maximum atomic E-state index is 12.3. The summed E-state index contributed by atoms with van der Waals surface area (Å²) in [6.07, 6.45) is 0. The van der Waals surface area contributed by atoms with Gasteiger partial charge in [-0.3, -0.25) is 9.59 Å². The Kier molecular flexibility index (Phi) is 7.91.